The van der Waals surface area contributed by atoms with Gasteiger partial charge in [-0.3, -0.25) is 23.5 Å². The van der Waals surface area contributed by atoms with E-state index >= 15 is 0 Å². The molecule has 3 heterocycles. The van der Waals surface area contributed by atoms with Gasteiger partial charge in [0.25, 0.3) is 5.56 Å². The number of nitrogens with zero attached hydrogens (tertiary/aromatic N) is 5. The predicted octanol–water partition coefficient (Wildman–Crippen LogP) is 0.0309. The Bertz CT molecular complexity index is 1000. The summed E-state index contributed by atoms with van der Waals surface area (Å²) in [7, 11) is 1.69. The molecule has 1 aliphatic heterocycles. The van der Waals surface area contributed by atoms with Crippen LogP contribution in [0.25, 0.3) is 16.7 Å². The topological polar surface area (TPSA) is 98.5 Å². The van der Waals surface area contributed by atoms with Crippen LogP contribution in [-0.2, 0) is 18.4 Å². The van der Waals surface area contributed by atoms with E-state index in [0.29, 0.717) is 23.5 Å². The lowest BCUT2D eigenvalue weighted by Crippen LogP contribution is -2.40. The standard InChI is InChI=1S/C16H18N6O2/c1-20-15(24)10-5-2-3-6-11(10)22-13(18-19-16(20)22)9-21-8-4-7-12(21)14(17)23/h2-3,5-6,12H,4,7-9H2,1H3,(H2,17,23). The first-order valence-electron chi connectivity index (χ1n) is 7.93. The minimum atomic E-state index is -0.307. The van der Waals surface area contributed by atoms with E-state index in [1.165, 1.54) is 4.57 Å². The summed E-state index contributed by atoms with van der Waals surface area (Å²) in [5.74, 6) is 0.882. The summed E-state index contributed by atoms with van der Waals surface area (Å²) in [5, 5.41) is 9.05. The van der Waals surface area contributed by atoms with Crippen molar-refractivity contribution in [3.05, 3.63) is 40.4 Å². The molecule has 1 aromatic carbocycles. The minimum absolute atomic E-state index is 0.103. The lowest BCUT2D eigenvalue weighted by Gasteiger charge is -2.20. The molecular formula is C16H18N6O2. The van der Waals surface area contributed by atoms with E-state index < -0.39 is 0 Å². The first kappa shape index (κ1) is 14.8. The van der Waals surface area contributed by atoms with E-state index in [4.69, 9.17) is 5.73 Å². The molecule has 2 N–H and O–H groups in total. The Morgan fingerprint density at radius 1 is 1.33 bits per heavy atom. The molecule has 1 unspecified atom stereocenters. The lowest BCUT2D eigenvalue weighted by atomic mass is 10.2. The molecule has 1 atom stereocenters. The molecule has 8 heteroatoms. The van der Waals surface area contributed by atoms with E-state index in [-0.39, 0.29) is 17.5 Å². The molecule has 3 aromatic rings. The highest BCUT2D eigenvalue weighted by molar-refractivity contribution is 5.81. The molecule has 1 aliphatic rings. The van der Waals surface area contributed by atoms with E-state index in [2.05, 4.69) is 10.2 Å². The first-order valence-corrected chi connectivity index (χ1v) is 7.93. The van der Waals surface area contributed by atoms with Gasteiger partial charge in [0, 0.05) is 7.05 Å². The van der Waals surface area contributed by atoms with Crippen molar-refractivity contribution in [2.75, 3.05) is 6.54 Å². The Labute approximate surface area is 137 Å². The molecule has 1 saturated heterocycles. The van der Waals surface area contributed by atoms with Crippen LogP contribution in [0.4, 0.5) is 0 Å². The van der Waals surface area contributed by atoms with E-state index in [0.717, 1.165) is 24.9 Å². The summed E-state index contributed by atoms with van der Waals surface area (Å²) in [6.45, 7) is 1.27. The zero-order valence-corrected chi connectivity index (χ0v) is 13.3. The molecule has 2 aromatic heterocycles. The molecular weight excluding hydrogens is 308 g/mol. The van der Waals surface area contributed by atoms with Gasteiger partial charge < -0.3 is 5.73 Å². The van der Waals surface area contributed by atoms with Crippen LogP contribution in [0.1, 0.15) is 18.7 Å². The number of carbonyl (C=O) groups is 1. The van der Waals surface area contributed by atoms with Crippen LogP contribution in [0.3, 0.4) is 0 Å². The average molecular weight is 326 g/mol. The van der Waals surface area contributed by atoms with E-state index in [1.54, 1.807) is 13.1 Å². The number of hydrogen-bond donors (Lipinski definition) is 1. The van der Waals surface area contributed by atoms with Gasteiger partial charge in [0.1, 0.15) is 0 Å². The maximum atomic E-state index is 12.4. The number of benzene rings is 1. The number of para-hydroxylation sites is 1. The number of rotatable bonds is 3. The smallest absolute Gasteiger partial charge is 0.262 e. The normalized spacial score (nSPS) is 18.6. The van der Waals surface area contributed by atoms with Crippen molar-refractivity contribution < 1.29 is 4.79 Å². The van der Waals surface area contributed by atoms with Crippen LogP contribution in [0, 0.1) is 0 Å². The van der Waals surface area contributed by atoms with Gasteiger partial charge in [-0.2, -0.15) is 0 Å². The van der Waals surface area contributed by atoms with Crippen molar-refractivity contribution in [2.45, 2.75) is 25.4 Å². The number of amides is 1. The van der Waals surface area contributed by atoms with Crippen LogP contribution in [0.2, 0.25) is 0 Å². The highest BCUT2D eigenvalue weighted by Crippen LogP contribution is 2.21. The number of primary amides is 1. The predicted molar refractivity (Wildman–Crippen MR) is 88.4 cm³/mol. The zero-order chi connectivity index (χ0) is 16.8. The van der Waals surface area contributed by atoms with Gasteiger partial charge in [-0.05, 0) is 31.5 Å². The van der Waals surface area contributed by atoms with Crippen LogP contribution in [-0.4, -0.2) is 42.6 Å². The number of nitrogens with two attached hydrogens (primary N) is 1. The second kappa shape index (κ2) is 5.41. The average Bonchev–Trinajstić information content (AvgIpc) is 3.20. The highest BCUT2D eigenvalue weighted by Gasteiger charge is 2.30. The van der Waals surface area contributed by atoms with Crippen molar-refractivity contribution in [3.63, 3.8) is 0 Å². The fraction of sp³-hybridized carbons (Fsp3) is 0.375. The molecule has 0 radical (unpaired) electrons. The fourth-order valence-corrected chi connectivity index (χ4v) is 3.51. The van der Waals surface area contributed by atoms with Gasteiger partial charge in [-0.15, -0.1) is 10.2 Å². The third-order valence-corrected chi connectivity index (χ3v) is 4.73. The molecule has 0 aliphatic carbocycles. The SMILES string of the molecule is Cn1c(=O)c2ccccc2n2c(CN3CCCC3C(N)=O)nnc12. The van der Waals surface area contributed by atoms with E-state index in [9.17, 15) is 9.59 Å². The maximum absolute atomic E-state index is 12.4. The number of likely N-dealkylation sites (tertiary alicyclic amines) is 1. The second-order valence-corrected chi connectivity index (χ2v) is 6.16. The van der Waals surface area contributed by atoms with Crippen LogP contribution in [0.5, 0.6) is 0 Å². The molecule has 124 valence electrons. The number of fused-ring (bicyclic) bond motifs is 3. The highest BCUT2D eigenvalue weighted by atomic mass is 16.1. The van der Waals surface area contributed by atoms with Gasteiger partial charge in [0.2, 0.25) is 11.7 Å². The molecule has 8 nitrogen and oxygen atoms in total. The summed E-state index contributed by atoms with van der Waals surface area (Å²) in [6, 6.07) is 7.13. The Hall–Kier alpha value is -2.74. The number of aryl methyl sites for hydroxylation is 1. The quantitative estimate of drug-likeness (QED) is 0.732. The maximum Gasteiger partial charge on any atom is 0.262 e. The van der Waals surface area contributed by atoms with Gasteiger partial charge in [-0.25, -0.2) is 0 Å². The van der Waals surface area contributed by atoms with Crippen LogP contribution >= 0.6 is 0 Å². The van der Waals surface area contributed by atoms with Crippen molar-refractivity contribution in [2.24, 2.45) is 12.8 Å². The van der Waals surface area contributed by atoms with E-state index in [1.807, 2.05) is 27.5 Å². The van der Waals surface area contributed by atoms with Crippen molar-refractivity contribution in [1.82, 2.24) is 24.1 Å². The molecule has 1 fully saturated rings. The van der Waals surface area contributed by atoms with Crippen molar-refractivity contribution in [3.8, 4) is 0 Å². The summed E-state index contributed by atoms with van der Waals surface area (Å²) < 4.78 is 3.38. The Kier molecular flexibility index (Phi) is 3.34. The van der Waals surface area contributed by atoms with Crippen molar-refractivity contribution in [1.29, 1.82) is 0 Å². The molecule has 24 heavy (non-hydrogen) atoms. The third kappa shape index (κ3) is 2.10. The lowest BCUT2D eigenvalue weighted by molar-refractivity contribution is -0.122. The molecule has 0 bridgehead atoms. The number of aromatic nitrogens is 4. The molecule has 1 amide bonds. The largest absolute Gasteiger partial charge is 0.368 e. The Morgan fingerprint density at radius 3 is 2.92 bits per heavy atom. The Balaban J connectivity index is 1.88. The van der Waals surface area contributed by atoms with Gasteiger partial charge in [0.15, 0.2) is 5.82 Å². The first-order chi connectivity index (χ1) is 11.6. The molecule has 0 spiro atoms. The van der Waals surface area contributed by atoms with Gasteiger partial charge >= 0.3 is 0 Å². The van der Waals surface area contributed by atoms with Gasteiger partial charge in [0.05, 0.1) is 23.5 Å². The fourth-order valence-electron chi connectivity index (χ4n) is 3.51. The number of hydrogen-bond acceptors (Lipinski definition) is 5. The summed E-state index contributed by atoms with van der Waals surface area (Å²) in [5.41, 5.74) is 6.16. The van der Waals surface area contributed by atoms with Gasteiger partial charge in [-0.1, -0.05) is 12.1 Å². The van der Waals surface area contributed by atoms with Crippen LogP contribution < -0.4 is 11.3 Å². The third-order valence-electron chi connectivity index (χ3n) is 4.73. The molecule has 4 rings (SSSR count). The van der Waals surface area contributed by atoms with Crippen molar-refractivity contribution >= 4 is 22.6 Å². The number of carbonyl (C=O) groups excluding carboxylic acids is 1. The second-order valence-electron chi connectivity index (χ2n) is 6.16. The summed E-state index contributed by atoms with van der Waals surface area (Å²) in [4.78, 5) is 26.1. The minimum Gasteiger partial charge on any atom is -0.368 e. The zero-order valence-electron chi connectivity index (χ0n) is 13.3. The Morgan fingerprint density at radius 2 is 2.12 bits per heavy atom. The monoisotopic (exact) mass is 326 g/mol. The van der Waals surface area contributed by atoms with Crippen LogP contribution in [0.15, 0.2) is 29.1 Å². The summed E-state index contributed by atoms with van der Waals surface area (Å²) >= 11 is 0. The molecule has 0 saturated carbocycles. The summed E-state index contributed by atoms with van der Waals surface area (Å²) in [6.07, 6.45) is 1.70.